The Hall–Kier alpha value is -2.21. The molecule has 3 rings (SSSR count). The Morgan fingerprint density at radius 3 is 2.26 bits per heavy atom. The molecule has 6 heteroatoms. The van der Waals surface area contributed by atoms with Crippen molar-refractivity contribution in [2.75, 3.05) is 31.6 Å². The Kier molecular flexibility index (Phi) is 6.26. The quantitative estimate of drug-likeness (QED) is 0.779. The summed E-state index contributed by atoms with van der Waals surface area (Å²) in [7, 11) is 0. The highest BCUT2D eigenvalue weighted by Gasteiger charge is 2.39. The zero-order chi connectivity index (χ0) is 19.3. The van der Waals surface area contributed by atoms with Gasteiger partial charge in [0.25, 0.3) is 0 Å². The van der Waals surface area contributed by atoms with Crippen LogP contribution in [0.25, 0.3) is 0 Å². The number of hydrogen-bond acceptors (Lipinski definition) is 4. The number of Topliss-reactive ketones (excluding diaryl/α,β-unsaturated/α-hetero) is 1. The fourth-order valence-electron chi connectivity index (χ4n) is 4.12. The van der Waals surface area contributed by atoms with Crippen LogP contribution in [-0.2, 0) is 14.3 Å². The number of nitrogens with zero attached hydrogens (tertiary/aromatic N) is 1. The summed E-state index contributed by atoms with van der Waals surface area (Å²) in [6, 6.07) is 6.92. The van der Waals surface area contributed by atoms with E-state index in [-0.39, 0.29) is 23.0 Å². The van der Waals surface area contributed by atoms with Crippen molar-refractivity contribution in [3.63, 3.8) is 0 Å². The van der Waals surface area contributed by atoms with Gasteiger partial charge in [-0.15, -0.1) is 0 Å². The molecular formula is C21H28N2O4. The third kappa shape index (κ3) is 5.16. The first-order valence-electron chi connectivity index (χ1n) is 9.74. The second kappa shape index (κ2) is 8.65. The smallest absolute Gasteiger partial charge is 0.224 e. The number of morpholine rings is 1. The maximum Gasteiger partial charge on any atom is 0.224 e. The molecule has 0 aromatic heterocycles. The summed E-state index contributed by atoms with van der Waals surface area (Å²) in [6.07, 6.45) is 4.76. The molecule has 0 radical (unpaired) electrons. The summed E-state index contributed by atoms with van der Waals surface area (Å²) in [5.41, 5.74) is 1.06. The minimum absolute atomic E-state index is 0.000546. The highest BCUT2D eigenvalue weighted by Crippen LogP contribution is 2.44. The van der Waals surface area contributed by atoms with Gasteiger partial charge in [0.2, 0.25) is 11.8 Å². The van der Waals surface area contributed by atoms with E-state index in [1.165, 1.54) is 6.92 Å². The van der Waals surface area contributed by atoms with Crippen molar-refractivity contribution in [2.45, 2.75) is 45.4 Å². The van der Waals surface area contributed by atoms with Crippen molar-refractivity contribution in [3.8, 4) is 0 Å². The lowest BCUT2D eigenvalue weighted by atomic mass is 9.78. The molecule has 0 unspecified atom stereocenters. The fraction of sp³-hybridized carbons (Fsp3) is 0.571. The number of rotatable bonds is 6. The van der Waals surface area contributed by atoms with Crippen LogP contribution in [0.1, 0.15) is 55.8 Å². The van der Waals surface area contributed by atoms with Crippen molar-refractivity contribution in [1.29, 1.82) is 0 Å². The Balaban J connectivity index is 1.60. The molecule has 1 aliphatic heterocycles. The number of carbonyl (C=O) groups is 3. The van der Waals surface area contributed by atoms with Crippen molar-refractivity contribution >= 4 is 23.3 Å². The van der Waals surface area contributed by atoms with Crippen LogP contribution in [0.2, 0.25) is 0 Å². The molecule has 146 valence electrons. The third-order valence-corrected chi connectivity index (χ3v) is 5.66. The number of amides is 2. The van der Waals surface area contributed by atoms with Gasteiger partial charge < -0.3 is 15.0 Å². The SMILES string of the molecule is CC(=O)c1ccc(NC(=O)CC2(CC(=O)N3CCOCC3)CCCC2)cc1. The standard InChI is InChI=1S/C21H28N2O4/c1-16(24)17-4-6-18(7-5-17)22-19(25)14-21(8-2-3-9-21)15-20(26)23-10-12-27-13-11-23/h4-7H,2-3,8-15H2,1H3,(H,22,25). The molecule has 6 nitrogen and oxygen atoms in total. The molecule has 0 atom stereocenters. The van der Waals surface area contributed by atoms with Gasteiger partial charge in [-0.25, -0.2) is 0 Å². The number of ether oxygens (including phenoxy) is 1. The fourth-order valence-corrected chi connectivity index (χ4v) is 4.12. The predicted octanol–water partition coefficient (Wildman–Crippen LogP) is 3.03. The van der Waals surface area contributed by atoms with Gasteiger partial charge in [0, 0.05) is 37.2 Å². The average molecular weight is 372 g/mol. The first-order valence-corrected chi connectivity index (χ1v) is 9.74. The maximum atomic E-state index is 12.7. The van der Waals surface area contributed by atoms with Crippen LogP contribution in [0, 0.1) is 5.41 Å². The molecule has 1 N–H and O–H groups in total. The highest BCUT2D eigenvalue weighted by molar-refractivity contribution is 5.95. The van der Waals surface area contributed by atoms with Crippen molar-refractivity contribution in [1.82, 2.24) is 4.90 Å². The average Bonchev–Trinajstić information content (AvgIpc) is 3.10. The normalized spacial score (nSPS) is 18.9. The second-order valence-electron chi connectivity index (χ2n) is 7.74. The predicted molar refractivity (Wildman–Crippen MR) is 103 cm³/mol. The van der Waals surface area contributed by atoms with Gasteiger partial charge in [-0.3, -0.25) is 14.4 Å². The molecule has 0 bridgehead atoms. The van der Waals surface area contributed by atoms with E-state index in [0.29, 0.717) is 50.4 Å². The Morgan fingerprint density at radius 1 is 1.04 bits per heavy atom. The van der Waals surface area contributed by atoms with E-state index >= 15 is 0 Å². The lowest BCUT2D eigenvalue weighted by Gasteiger charge is -2.33. The van der Waals surface area contributed by atoms with E-state index in [1.807, 2.05) is 4.90 Å². The zero-order valence-electron chi connectivity index (χ0n) is 16.0. The summed E-state index contributed by atoms with van der Waals surface area (Å²) >= 11 is 0. The Labute approximate surface area is 160 Å². The van der Waals surface area contributed by atoms with Crippen molar-refractivity contribution in [2.24, 2.45) is 5.41 Å². The minimum atomic E-state index is -0.237. The number of hydrogen-bond donors (Lipinski definition) is 1. The minimum Gasteiger partial charge on any atom is -0.378 e. The maximum absolute atomic E-state index is 12.7. The zero-order valence-corrected chi connectivity index (χ0v) is 16.0. The monoisotopic (exact) mass is 372 g/mol. The summed E-state index contributed by atoms with van der Waals surface area (Å²) in [6.45, 7) is 3.99. The second-order valence-corrected chi connectivity index (χ2v) is 7.74. The van der Waals surface area contributed by atoms with E-state index in [4.69, 9.17) is 4.74 Å². The van der Waals surface area contributed by atoms with E-state index in [2.05, 4.69) is 5.32 Å². The molecule has 2 aliphatic rings. The van der Waals surface area contributed by atoms with Crippen molar-refractivity contribution < 1.29 is 19.1 Å². The van der Waals surface area contributed by atoms with Crippen LogP contribution in [0.4, 0.5) is 5.69 Å². The number of carbonyl (C=O) groups excluding carboxylic acids is 3. The van der Waals surface area contributed by atoms with Gasteiger partial charge >= 0.3 is 0 Å². The van der Waals surface area contributed by atoms with E-state index in [1.54, 1.807) is 24.3 Å². The van der Waals surface area contributed by atoms with Gasteiger partial charge in [0.15, 0.2) is 5.78 Å². The van der Waals surface area contributed by atoms with Gasteiger partial charge in [0.05, 0.1) is 13.2 Å². The summed E-state index contributed by atoms with van der Waals surface area (Å²) in [5.74, 6) is 0.0699. The highest BCUT2D eigenvalue weighted by atomic mass is 16.5. The van der Waals surface area contributed by atoms with Gasteiger partial charge in [-0.05, 0) is 49.4 Å². The topological polar surface area (TPSA) is 75.7 Å². The number of ketones is 1. The van der Waals surface area contributed by atoms with Crippen LogP contribution in [0.3, 0.4) is 0 Å². The number of anilines is 1. The molecule has 1 saturated carbocycles. The Morgan fingerprint density at radius 2 is 1.67 bits per heavy atom. The van der Waals surface area contributed by atoms with Crippen molar-refractivity contribution in [3.05, 3.63) is 29.8 Å². The van der Waals surface area contributed by atoms with E-state index in [0.717, 1.165) is 25.7 Å². The summed E-state index contributed by atoms with van der Waals surface area (Å²) in [4.78, 5) is 38.6. The number of nitrogens with one attached hydrogen (secondary N) is 1. The Bertz CT molecular complexity index is 687. The molecule has 1 aromatic rings. The number of benzene rings is 1. The van der Waals surface area contributed by atoms with Gasteiger partial charge in [0.1, 0.15) is 0 Å². The molecule has 1 saturated heterocycles. The van der Waals surface area contributed by atoms with Gasteiger partial charge in [-0.1, -0.05) is 12.8 Å². The van der Waals surface area contributed by atoms with E-state index < -0.39 is 0 Å². The van der Waals surface area contributed by atoms with Crippen LogP contribution in [0.5, 0.6) is 0 Å². The molecule has 1 aliphatic carbocycles. The molecule has 1 heterocycles. The molecule has 27 heavy (non-hydrogen) atoms. The van der Waals surface area contributed by atoms with Crippen LogP contribution in [0.15, 0.2) is 24.3 Å². The lowest BCUT2D eigenvalue weighted by molar-refractivity contribution is -0.138. The first-order chi connectivity index (χ1) is 13.0. The summed E-state index contributed by atoms with van der Waals surface area (Å²) in [5, 5.41) is 2.92. The van der Waals surface area contributed by atoms with E-state index in [9.17, 15) is 14.4 Å². The lowest BCUT2D eigenvalue weighted by Crippen LogP contribution is -2.43. The van der Waals surface area contributed by atoms with Crippen LogP contribution in [-0.4, -0.2) is 48.8 Å². The molecule has 2 amide bonds. The molecule has 1 aromatic carbocycles. The van der Waals surface area contributed by atoms with Crippen LogP contribution >= 0.6 is 0 Å². The molecular weight excluding hydrogens is 344 g/mol. The van der Waals surface area contributed by atoms with Gasteiger partial charge in [-0.2, -0.15) is 0 Å². The molecule has 0 spiro atoms. The largest absolute Gasteiger partial charge is 0.378 e. The third-order valence-electron chi connectivity index (χ3n) is 5.66. The summed E-state index contributed by atoms with van der Waals surface area (Å²) < 4.78 is 5.32. The van der Waals surface area contributed by atoms with Crippen LogP contribution < -0.4 is 5.32 Å². The first kappa shape index (κ1) is 19.5. The molecule has 2 fully saturated rings.